The molecule has 0 bridgehead atoms. The Bertz CT molecular complexity index is 731. The highest BCUT2D eigenvalue weighted by Gasteiger charge is 2.36. The molecule has 1 aromatic rings. The van der Waals surface area contributed by atoms with Crippen molar-refractivity contribution in [3.05, 3.63) is 22.7 Å². The molecule has 0 atom stereocenters. The molecule has 0 spiro atoms. The number of nitrogens with one attached hydrogen (secondary N) is 1. The molecule has 1 aromatic carbocycles. The highest BCUT2D eigenvalue weighted by molar-refractivity contribution is 6.33. The molecule has 0 radical (unpaired) electrons. The van der Waals surface area contributed by atoms with Gasteiger partial charge in [0.2, 0.25) is 0 Å². The number of carbonyl (C=O) groups excluding carboxylic acids is 1. The van der Waals surface area contributed by atoms with E-state index in [1.165, 1.54) is 13.2 Å². The van der Waals surface area contributed by atoms with E-state index >= 15 is 0 Å². The fourth-order valence-electron chi connectivity index (χ4n) is 4.02. The van der Waals surface area contributed by atoms with Gasteiger partial charge < -0.3 is 25.4 Å². The van der Waals surface area contributed by atoms with Crippen molar-refractivity contribution < 1.29 is 23.9 Å². The predicted octanol–water partition coefficient (Wildman–Crippen LogP) is 3.16. The molecular formula is C21H33ClN3O4+. The van der Waals surface area contributed by atoms with Crippen molar-refractivity contribution in [3.8, 4) is 5.75 Å². The molecule has 0 aromatic heterocycles. The van der Waals surface area contributed by atoms with Crippen LogP contribution < -0.4 is 15.8 Å². The largest absolute Gasteiger partial charge is 0.496 e. The van der Waals surface area contributed by atoms with Crippen LogP contribution in [-0.4, -0.2) is 60.8 Å². The first kappa shape index (κ1) is 23.3. The number of quaternary nitrogens is 1. The Morgan fingerprint density at radius 2 is 2.00 bits per heavy atom. The van der Waals surface area contributed by atoms with Gasteiger partial charge in [-0.1, -0.05) is 25.4 Å². The van der Waals surface area contributed by atoms with Crippen LogP contribution in [0.5, 0.6) is 5.75 Å². The molecule has 1 saturated heterocycles. The maximum atomic E-state index is 12.8. The highest BCUT2D eigenvalue weighted by atomic mass is 35.5. The quantitative estimate of drug-likeness (QED) is 0.416. The Hall–Kier alpha value is -1.99. The number of nitrogen functional groups attached to an aromatic ring is 1. The molecule has 0 saturated carbocycles. The average Bonchev–Trinajstić information content (AvgIpc) is 2.64. The molecule has 7 nitrogen and oxygen atoms in total. The maximum Gasteiger partial charge on any atom is 0.359 e. The van der Waals surface area contributed by atoms with Gasteiger partial charge in [-0.25, -0.2) is 4.79 Å². The second-order valence-electron chi connectivity index (χ2n) is 8.42. The molecule has 1 aliphatic heterocycles. The van der Waals surface area contributed by atoms with Crippen molar-refractivity contribution in [1.29, 1.82) is 0 Å². The number of piperidine rings is 1. The van der Waals surface area contributed by atoms with Crippen LogP contribution in [0.15, 0.2) is 12.1 Å². The summed E-state index contributed by atoms with van der Waals surface area (Å²) < 4.78 is 5.85. The number of nitrogens with two attached hydrogens (primary N) is 1. The number of ether oxygens (including phenoxy) is 1. The zero-order valence-corrected chi connectivity index (χ0v) is 18.3. The number of aliphatic carboxylic acids is 1. The van der Waals surface area contributed by atoms with Crippen molar-refractivity contribution >= 4 is 29.2 Å². The summed E-state index contributed by atoms with van der Waals surface area (Å²) in [6.07, 6.45) is 3.60. The Kier molecular flexibility index (Phi) is 8.16. The van der Waals surface area contributed by atoms with E-state index in [0.29, 0.717) is 32.4 Å². The van der Waals surface area contributed by atoms with Gasteiger partial charge in [0.15, 0.2) is 6.54 Å². The number of nitrogens with zero attached hydrogens (tertiary/aromatic N) is 1. The van der Waals surface area contributed by atoms with Gasteiger partial charge in [0.1, 0.15) is 5.75 Å². The second kappa shape index (κ2) is 10.2. The second-order valence-corrected chi connectivity index (χ2v) is 8.83. The van der Waals surface area contributed by atoms with Crippen molar-refractivity contribution in [1.82, 2.24) is 5.32 Å². The lowest BCUT2D eigenvalue weighted by Gasteiger charge is -2.43. The predicted molar refractivity (Wildman–Crippen MR) is 114 cm³/mol. The van der Waals surface area contributed by atoms with Gasteiger partial charge in [0.25, 0.3) is 5.91 Å². The number of carboxylic acid groups (broad SMARTS) is 1. The summed E-state index contributed by atoms with van der Waals surface area (Å²) in [6, 6.07) is 3.06. The molecule has 1 fully saturated rings. The normalized spacial score (nSPS) is 21.8. The standard InChI is InChI=1S/C21H32ClN3O4/c1-14(2)5-4-8-25(13-20(26)27)9-6-15(7-10-25)24-21(28)16-11-17(22)18(23)12-19(16)29-3/h11-12,14-15H,4-10,13H2,1-3H3,(H3-,23,24,26,27,28)/p+1. The summed E-state index contributed by atoms with van der Waals surface area (Å²) in [6.45, 7) is 6.86. The van der Waals surface area contributed by atoms with Gasteiger partial charge in [-0.2, -0.15) is 0 Å². The van der Waals surface area contributed by atoms with E-state index in [1.54, 1.807) is 6.07 Å². The molecule has 29 heavy (non-hydrogen) atoms. The van der Waals surface area contributed by atoms with E-state index in [0.717, 1.165) is 45.3 Å². The van der Waals surface area contributed by atoms with Crippen LogP contribution in [0, 0.1) is 5.92 Å². The SMILES string of the molecule is COc1cc(N)c(Cl)cc1C(=O)NC1CC[N+](CCCC(C)C)(CC(=O)O)CC1. The minimum absolute atomic E-state index is 0.00585. The number of amides is 1. The third-order valence-electron chi connectivity index (χ3n) is 5.69. The number of hydrogen-bond donors (Lipinski definition) is 3. The first-order valence-corrected chi connectivity index (χ1v) is 10.5. The van der Waals surface area contributed by atoms with Crippen LogP contribution >= 0.6 is 11.6 Å². The smallest absolute Gasteiger partial charge is 0.359 e. The maximum absolute atomic E-state index is 12.8. The molecule has 8 heteroatoms. The van der Waals surface area contributed by atoms with Crippen LogP contribution in [0.4, 0.5) is 5.69 Å². The molecule has 1 aliphatic rings. The Labute approximate surface area is 177 Å². The van der Waals surface area contributed by atoms with Crippen LogP contribution in [0.2, 0.25) is 5.02 Å². The van der Waals surface area contributed by atoms with Crippen molar-refractivity contribution in [2.75, 3.05) is 39.0 Å². The van der Waals surface area contributed by atoms with E-state index in [1.807, 2.05) is 0 Å². The molecule has 0 aliphatic carbocycles. The Balaban J connectivity index is 2.01. The number of carbonyl (C=O) groups is 2. The van der Waals surface area contributed by atoms with Crippen LogP contribution in [0.1, 0.15) is 49.9 Å². The Morgan fingerprint density at radius 3 is 2.55 bits per heavy atom. The van der Waals surface area contributed by atoms with E-state index in [-0.39, 0.29) is 18.5 Å². The third-order valence-corrected chi connectivity index (χ3v) is 6.01. The fourth-order valence-corrected chi connectivity index (χ4v) is 4.18. The number of halogens is 1. The summed E-state index contributed by atoms with van der Waals surface area (Å²) >= 11 is 6.07. The molecule has 4 N–H and O–H groups in total. The van der Waals surface area contributed by atoms with Gasteiger partial charge >= 0.3 is 5.97 Å². The number of hydrogen-bond acceptors (Lipinski definition) is 4. The van der Waals surface area contributed by atoms with E-state index in [4.69, 9.17) is 22.1 Å². The third kappa shape index (κ3) is 6.51. The lowest BCUT2D eigenvalue weighted by molar-refractivity contribution is -0.926. The average molecular weight is 427 g/mol. The summed E-state index contributed by atoms with van der Waals surface area (Å²) in [5.74, 6) is -0.0339. The van der Waals surface area contributed by atoms with Crippen LogP contribution in [0.25, 0.3) is 0 Å². The van der Waals surface area contributed by atoms with Gasteiger partial charge in [-0.15, -0.1) is 0 Å². The molecule has 162 valence electrons. The summed E-state index contributed by atoms with van der Waals surface area (Å²) in [4.78, 5) is 24.2. The topological polar surface area (TPSA) is 102 Å². The van der Waals surface area contributed by atoms with Crippen LogP contribution in [0.3, 0.4) is 0 Å². The zero-order chi connectivity index (χ0) is 21.6. The molecule has 2 rings (SSSR count). The van der Waals surface area contributed by atoms with Crippen molar-refractivity contribution in [3.63, 3.8) is 0 Å². The van der Waals surface area contributed by atoms with Crippen molar-refractivity contribution in [2.24, 2.45) is 5.92 Å². The van der Waals surface area contributed by atoms with Gasteiger partial charge in [-0.3, -0.25) is 4.79 Å². The number of methoxy groups -OCH3 is 1. The number of carboxylic acids is 1. The lowest BCUT2D eigenvalue weighted by atomic mass is 9.99. The van der Waals surface area contributed by atoms with E-state index in [9.17, 15) is 14.7 Å². The van der Waals surface area contributed by atoms with Crippen molar-refractivity contribution in [2.45, 2.75) is 45.6 Å². The summed E-state index contributed by atoms with van der Waals surface area (Å²) in [5, 5.41) is 12.7. The van der Waals surface area contributed by atoms with E-state index < -0.39 is 5.97 Å². The minimum atomic E-state index is -0.765. The number of rotatable bonds is 9. The number of likely N-dealkylation sites (tertiary alicyclic amines) is 1. The Morgan fingerprint density at radius 1 is 1.34 bits per heavy atom. The molecule has 0 unspecified atom stereocenters. The van der Waals surface area contributed by atoms with E-state index in [2.05, 4.69) is 19.2 Å². The first-order valence-electron chi connectivity index (χ1n) is 10.2. The first-order chi connectivity index (χ1) is 13.7. The number of anilines is 1. The highest BCUT2D eigenvalue weighted by Crippen LogP contribution is 2.29. The fraction of sp³-hybridized carbons (Fsp3) is 0.619. The summed E-state index contributed by atoms with van der Waals surface area (Å²) in [5.41, 5.74) is 6.49. The molecule has 1 heterocycles. The molecule has 1 amide bonds. The monoisotopic (exact) mass is 426 g/mol. The van der Waals surface area contributed by atoms with Crippen LogP contribution in [-0.2, 0) is 4.79 Å². The van der Waals surface area contributed by atoms with Gasteiger partial charge in [-0.05, 0) is 24.8 Å². The van der Waals surface area contributed by atoms with Gasteiger partial charge in [0.05, 0.1) is 43.0 Å². The summed E-state index contributed by atoms with van der Waals surface area (Å²) in [7, 11) is 1.48. The zero-order valence-electron chi connectivity index (χ0n) is 17.5. The molecular weight excluding hydrogens is 394 g/mol. The van der Waals surface area contributed by atoms with Gasteiger partial charge in [0, 0.05) is 24.9 Å². The minimum Gasteiger partial charge on any atom is -0.496 e. The lowest BCUT2D eigenvalue weighted by Crippen LogP contribution is -2.59. The number of benzene rings is 1.